The van der Waals surface area contributed by atoms with Crippen LogP contribution in [-0.4, -0.2) is 34.8 Å². The zero-order chi connectivity index (χ0) is 17.9. The lowest BCUT2D eigenvalue weighted by atomic mass is 9.93. The molecule has 0 unspecified atom stereocenters. The number of carbonyl (C=O) groups excluding carboxylic acids is 3. The van der Waals surface area contributed by atoms with Gasteiger partial charge in [-0.2, -0.15) is 5.26 Å². The van der Waals surface area contributed by atoms with E-state index in [9.17, 15) is 14.4 Å². The Hall–Kier alpha value is -2.59. The van der Waals surface area contributed by atoms with Crippen molar-refractivity contribution < 1.29 is 14.4 Å². The van der Waals surface area contributed by atoms with E-state index >= 15 is 0 Å². The molecular formula is C16H17ClN4O3. The highest BCUT2D eigenvalue weighted by Gasteiger charge is 2.49. The second-order valence-electron chi connectivity index (χ2n) is 5.47. The Balaban J connectivity index is 2.08. The molecule has 2 rings (SSSR count). The number of rotatable bonds is 5. The Bertz CT molecular complexity index is 737. The molecule has 8 heteroatoms. The Labute approximate surface area is 144 Å². The molecule has 0 aromatic heterocycles. The molecule has 1 aliphatic rings. The highest BCUT2D eigenvalue weighted by molar-refractivity contribution is 6.32. The van der Waals surface area contributed by atoms with E-state index in [0.29, 0.717) is 24.1 Å². The van der Waals surface area contributed by atoms with Gasteiger partial charge in [0.25, 0.3) is 5.91 Å². The standard InChI is InChI=1S/C16H17ClN4O3/c1-3-16(4-2)14(23)21(15(24)20-16)9-13(22)19-11-6-5-10(8-18)12(17)7-11/h5-7H,3-4,9H2,1-2H3,(H,19,22)(H,20,24). The Morgan fingerprint density at radius 3 is 2.54 bits per heavy atom. The minimum Gasteiger partial charge on any atom is -0.324 e. The first-order chi connectivity index (χ1) is 11.4. The van der Waals surface area contributed by atoms with Crippen molar-refractivity contribution in [2.45, 2.75) is 32.2 Å². The topological polar surface area (TPSA) is 102 Å². The van der Waals surface area contributed by atoms with Gasteiger partial charge >= 0.3 is 6.03 Å². The minimum absolute atomic E-state index is 0.210. The van der Waals surface area contributed by atoms with Gasteiger partial charge in [0, 0.05) is 5.69 Å². The molecule has 1 fully saturated rings. The van der Waals surface area contributed by atoms with E-state index in [1.807, 2.05) is 19.9 Å². The third-order valence-electron chi connectivity index (χ3n) is 4.13. The summed E-state index contributed by atoms with van der Waals surface area (Å²) < 4.78 is 0. The molecule has 7 nitrogen and oxygen atoms in total. The van der Waals surface area contributed by atoms with Crippen molar-refractivity contribution in [2.75, 3.05) is 11.9 Å². The molecule has 0 spiro atoms. The number of nitrogens with zero attached hydrogens (tertiary/aromatic N) is 2. The second kappa shape index (κ2) is 6.89. The third kappa shape index (κ3) is 3.19. The molecule has 1 aromatic rings. The number of benzene rings is 1. The lowest BCUT2D eigenvalue weighted by Crippen LogP contribution is -2.46. The minimum atomic E-state index is -0.935. The number of hydrogen-bond donors (Lipinski definition) is 2. The smallest absolute Gasteiger partial charge is 0.324 e. The van der Waals surface area contributed by atoms with Gasteiger partial charge in [-0.15, -0.1) is 0 Å². The number of imide groups is 1. The van der Waals surface area contributed by atoms with Crippen LogP contribution in [0.1, 0.15) is 32.3 Å². The van der Waals surface area contributed by atoms with Crippen molar-refractivity contribution in [2.24, 2.45) is 0 Å². The van der Waals surface area contributed by atoms with Crippen molar-refractivity contribution in [1.82, 2.24) is 10.2 Å². The quantitative estimate of drug-likeness (QED) is 0.796. The van der Waals surface area contributed by atoms with E-state index in [-0.39, 0.29) is 11.6 Å². The van der Waals surface area contributed by atoms with Crippen molar-refractivity contribution >= 4 is 35.1 Å². The molecule has 1 saturated heterocycles. The SMILES string of the molecule is CCC1(CC)NC(=O)N(CC(=O)Nc2ccc(C#N)c(Cl)c2)C1=O. The average Bonchev–Trinajstić information content (AvgIpc) is 2.79. The molecule has 0 atom stereocenters. The summed E-state index contributed by atoms with van der Waals surface area (Å²) >= 11 is 5.90. The zero-order valence-corrected chi connectivity index (χ0v) is 14.1. The molecule has 0 saturated carbocycles. The van der Waals surface area contributed by atoms with Crippen LogP contribution in [0.5, 0.6) is 0 Å². The summed E-state index contributed by atoms with van der Waals surface area (Å²) in [5, 5.41) is 14.3. The van der Waals surface area contributed by atoms with Gasteiger partial charge in [0.1, 0.15) is 18.2 Å². The van der Waals surface area contributed by atoms with Crippen molar-refractivity contribution in [1.29, 1.82) is 5.26 Å². The lowest BCUT2D eigenvalue weighted by molar-refractivity contribution is -0.134. The van der Waals surface area contributed by atoms with Gasteiger partial charge in [0.2, 0.25) is 5.91 Å². The van der Waals surface area contributed by atoms with Crippen LogP contribution in [0.25, 0.3) is 0 Å². The van der Waals surface area contributed by atoms with Crippen LogP contribution in [-0.2, 0) is 9.59 Å². The van der Waals surface area contributed by atoms with Crippen molar-refractivity contribution in [3.63, 3.8) is 0 Å². The van der Waals surface area contributed by atoms with E-state index in [1.165, 1.54) is 18.2 Å². The third-order valence-corrected chi connectivity index (χ3v) is 4.44. The summed E-state index contributed by atoms with van der Waals surface area (Å²) in [7, 11) is 0. The predicted octanol–water partition coefficient (Wildman–Crippen LogP) is 2.26. The Morgan fingerprint density at radius 2 is 2.04 bits per heavy atom. The number of nitrogens with one attached hydrogen (secondary N) is 2. The molecule has 2 N–H and O–H groups in total. The fourth-order valence-electron chi connectivity index (χ4n) is 2.58. The summed E-state index contributed by atoms with van der Waals surface area (Å²) in [4.78, 5) is 37.5. The van der Waals surface area contributed by atoms with Gasteiger partial charge in [0.05, 0.1) is 10.6 Å². The first kappa shape index (κ1) is 17.8. The maximum absolute atomic E-state index is 12.4. The van der Waals surface area contributed by atoms with Crippen molar-refractivity contribution in [3.8, 4) is 6.07 Å². The highest BCUT2D eigenvalue weighted by Crippen LogP contribution is 2.25. The molecule has 1 aliphatic heterocycles. The molecule has 1 aromatic carbocycles. The van der Waals surface area contributed by atoms with Gasteiger partial charge in [-0.1, -0.05) is 25.4 Å². The number of hydrogen-bond acceptors (Lipinski definition) is 4. The van der Waals surface area contributed by atoms with Gasteiger partial charge in [-0.05, 0) is 31.0 Å². The Kier molecular flexibility index (Phi) is 5.10. The summed E-state index contributed by atoms with van der Waals surface area (Å²) in [5.41, 5.74) is -0.262. The van der Waals surface area contributed by atoms with Crippen LogP contribution in [0, 0.1) is 11.3 Å². The monoisotopic (exact) mass is 348 g/mol. The molecular weight excluding hydrogens is 332 g/mol. The fraction of sp³-hybridized carbons (Fsp3) is 0.375. The van der Waals surface area contributed by atoms with Crippen LogP contribution in [0.4, 0.5) is 10.5 Å². The fourth-order valence-corrected chi connectivity index (χ4v) is 2.80. The molecule has 4 amide bonds. The van der Waals surface area contributed by atoms with Crippen molar-refractivity contribution in [3.05, 3.63) is 28.8 Å². The van der Waals surface area contributed by atoms with Crippen LogP contribution in [0.3, 0.4) is 0 Å². The van der Waals surface area contributed by atoms with Gasteiger partial charge in [0.15, 0.2) is 0 Å². The molecule has 24 heavy (non-hydrogen) atoms. The number of urea groups is 1. The summed E-state index contributed by atoms with van der Waals surface area (Å²) in [5.74, 6) is -0.923. The summed E-state index contributed by atoms with van der Waals surface area (Å²) in [6, 6.07) is 5.78. The van der Waals surface area contributed by atoms with E-state index in [2.05, 4.69) is 10.6 Å². The molecule has 0 bridgehead atoms. The summed E-state index contributed by atoms with van der Waals surface area (Å²) in [6.07, 6.45) is 0.912. The molecule has 0 radical (unpaired) electrons. The normalized spacial score (nSPS) is 15.8. The predicted molar refractivity (Wildman–Crippen MR) is 88.4 cm³/mol. The van der Waals surface area contributed by atoms with Crippen LogP contribution >= 0.6 is 11.6 Å². The number of carbonyl (C=O) groups is 3. The van der Waals surface area contributed by atoms with Gasteiger partial charge < -0.3 is 10.6 Å². The average molecular weight is 349 g/mol. The largest absolute Gasteiger partial charge is 0.325 e. The molecule has 0 aliphatic carbocycles. The maximum Gasteiger partial charge on any atom is 0.325 e. The number of amides is 4. The second-order valence-corrected chi connectivity index (χ2v) is 5.87. The maximum atomic E-state index is 12.4. The molecule has 126 valence electrons. The molecule has 1 heterocycles. The first-order valence-electron chi connectivity index (χ1n) is 7.50. The number of anilines is 1. The number of nitriles is 1. The highest BCUT2D eigenvalue weighted by atomic mass is 35.5. The van der Waals surface area contributed by atoms with Crippen LogP contribution < -0.4 is 10.6 Å². The van der Waals surface area contributed by atoms with Gasteiger partial charge in [-0.3, -0.25) is 14.5 Å². The van der Waals surface area contributed by atoms with Gasteiger partial charge in [-0.25, -0.2) is 4.79 Å². The lowest BCUT2D eigenvalue weighted by Gasteiger charge is -2.23. The van der Waals surface area contributed by atoms with Crippen LogP contribution in [0.2, 0.25) is 5.02 Å². The van der Waals surface area contributed by atoms with E-state index in [1.54, 1.807) is 0 Å². The zero-order valence-electron chi connectivity index (χ0n) is 13.4. The first-order valence-corrected chi connectivity index (χ1v) is 7.88. The van der Waals surface area contributed by atoms with Crippen LogP contribution in [0.15, 0.2) is 18.2 Å². The summed E-state index contributed by atoms with van der Waals surface area (Å²) in [6.45, 7) is 3.23. The van der Waals surface area contributed by atoms with E-state index in [0.717, 1.165) is 4.90 Å². The van der Waals surface area contributed by atoms with E-state index < -0.39 is 23.4 Å². The van der Waals surface area contributed by atoms with E-state index in [4.69, 9.17) is 16.9 Å². The Morgan fingerprint density at radius 1 is 1.38 bits per heavy atom. The number of halogens is 1.